The number of imide groups is 1. The molecule has 1 aromatic carbocycles. The molecule has 1 aliphatic heterocycles. The molecule has 2 bridgehead atoms. The van der Waals surface area contributed by atoms with Crippen LogP contribution < -0.4 is 4.90 Å². The number of benzene rings is 1. The highest BCUT2D eigenvalue weighted by molar-refractivity contribution is 7.22. The van der Waals surface area contributed by atoms with E-state index >= 15 is 0 Å². The third-order valence-electron chi connectivity index (χ3n) is 6.43. The van der Waals surface area contributed by atoms with E-state index in [0.29, 0.717) is 21.8 Å². The van der Waals surface area contributed by atoms with Crippen LogP contribution in [0.15, 0.2) is 48.7 Å². The number of carbonyl (C=O) groups is 2. The van der Waals surface area contributed by atoms with Crippen LogP contribution in [0.25, 0.3) is 21.3 Å². The number of amides is 2. The molecule has 2 amide bonds. The van der Waals surface area contributed by atoms with Gasteiger partial charge in [0, 0.05) is 11.8 Å². The van der Waals surface area contributed by atoms with Crippen molar-refractivity contribution in [1.29, 1.82) is 0 Å². The fourth-order valence-electron chi connectivity index (χ4n) is 5.01. The average molecular weight is 441 g/mol. The maximum absolute atomic E-state index is 13.0. The van der Waals surface area contributed by atoms with E-state index in [-0.39, 0.29) is 35.5 Å². The highest BCUT2D eigenvalue weighted by Crippen LogP contribution is 2.53. The first-order valence-corrected chi connectivity index (χ1v) is 10.6. The van der Waals surface area contributed by atoms with Gasteiger partial charge < -0.3 is 0 Å². The van der Waals surface area contributed by atoms with Crippen molar-refractivity contribution in [3.05, 3.63) is 54.4 Å². The zero-order valence-corrected chi connectivity index (χ0v) is 16.7. The van der Waals surface area contributed by atoms with Crippen LogP contribution in [0.3, 0.4) is 0 Å². The molecule has 0 spiro atoms. The van der Waals surface area contributed by atoms with E-state index in [1.165, 1.54) is 28.5 Å². The van der Waals surface area contributed by atoms with E-state index in [0.717, 1.165) is 17.2 Å². The molecule has 1 saturated carbocycles. The van der Waals surface area contributed by atoms with Crippen molar-refractivity contribution in [1.82, 2.24) is 9.97 Å². The van der Waals surface area contributed by atoms with Crippen molar-refractivity contribution in [3.63, 3.8) is 0 Å². The summed E-state index contributed by atoms with van der Waals surface area (Å²) in [6.07, 6.45) is 1.65. The minimum Gasteiger partial charge on any atom is -0.274 e. The van der Waals surface area contributed by atoms with Crippen molar-refractivity contribution in [2.75, 3.05) is 4.90 Å². The predicted octanol–water partition coefficient (Wildman–Crippen LogP) is 4.69. The van der Waals surface area contributed by atoms with E-state index in [1.54, 1.807) is 18.2 Å². The lowest BCUT2D eigenvalue weighted by Crippen LogP contribution is -2.32. The third kappa shape index (κ3) is 2.69. The van der Waals surface area contributed by atoms with Crippen molar-refractivity contribution in [2.45, 2.75) is 12.6 Å². The molecule has 156 valence electrons. The zero-order chi connectivity index (χ0) is 21.5. The van der Waals surface area contributed by atoms with Crippen LogP contribution in [0.1, 0.15) is 12.1 Å². The molecule has 5 nitrogen and oxygen atoms in total. The minimum atomic E-state index is -4.49. The molecule has 2 aliphatic carbocycles. The van der Waals surface area contributed by atoms with E-state index < -0.39 is 11.9 Å². The maximum Gasteiger partial charge on any atom is 0.433 e. The normalized spacial score (nSPS) is 27.0. The second-order valence-corrected chi connectivity index (χ2v) is 9.13. The van der Waals surface area contributed by atoms with Gasteiger partial charge in [-0.05, 0) is 42.0 Å². The number of pyridine rings is 1. The lowest BCUT2D eigenvalue weighted by molar-refractivity contribution is -0.141. The van der Waals surface area contributed by atoms with Gasteiger partial charge in [0.25, 0.3) is 0 Å². The first-order valence-electron chi connectivity index (χ1n) is 9.81. The first-order chi connectivity index (χ1) is 14.8. The SMILES string of the molecule is O=C1[C@@H]2[C@H](C(=O)N1c1nc3ccc(-c4ccc(C(F)(F)F)nc4)cc3s1)[C@@H]1C=C[C@H]2C1. The Morgan fingerprint density at radius 1 is 0.968 bits per heavy atom. The Balaban J connectivity index is 1.33. The summed E-state index contributed by atoms with van der Waals surface area (Å²) in [7, 11) is 0. The van der Waals surface area contributed by atoms with Gasteiger partial charge >= 0.3 is 6.18 Å². The summed E-state index contributed by atoms with van der Waals surface area (Å²) in [6, 6.07) is 7.58. The highest BCUT2D eigenvalue weighted by Gasteiger charge is 2.60. The lowest BCUT2D eigenvalue weighted by Gasteiger charge is -2.14. The number of thiazole rings is 1. The molecule has 3 aliphatic rings. The summed E-state index contributed by atoms with van der Waals surface area (Å²) >= 11 is 1.23. The Morgan fingerprint density at radius 3 is 2.26 bits per heavy atom. The number of nitrogens with zero attached hydrogens (tertiary/aromatic N) is 3. The smallest absolute Gasteiger partial charge is 0.274 e. The minimum absolute atomic E-state index is 0.129. The van der Waals surface area contributed by atoms with Crippen LogP contribution in [-0.2, 0) is 15.8 Å². The van der Waals surface area contributed by atoms with Crippen LogP contribution in [-0.4, -0.2) is 21.8 Å². The molecule has 0 N–H and O–H groups in total. The first kappa shape index (κ1) is 18.7. The maximum atomic E-state index is 13.0. The number of alkyl halides is 3. The van der Waals surface area contributed by atoms with Crippen LogP contribution in [0.5, 0.6) is 0 Å². The molecule has 6 rings (SSSR count). The Hall–Kier alpha value is -3.07. The van der Waals surface area contributed by atoms with Crippen LogP contribution >= 0.6 is 11.3 Å². The van der Waals surface area contributed by atoms with Gasteiger partial charge in [-0.25, -0.2) is 9.88 Å². The Kier molecular flexibility index (Phi) is 3.75. The Morgan fingerprint density at radius 2 is 1.65 bits per heavy atom. The number of aromatic nitrogens is 2. The summed E-state index contributed by atoms with van der Waals surface area (Å²) in [5.41, 5.74) is 0.900. The van der Waals surface area contributed by atoms with Crippen molar-refractivity contribution in [3.8, 4) is 11.1 Å². The van der Waals surface area contributed by atoms with Crippen LogP contribution in [0.2, 0.25) is 0 Å². The van der Waals surface area contributed by atoms with E-state index in [1.807, 2.05) is 12.2 Å². The summed E-state index contributed by atoms with van der Waals surface area (Å²) < 4.78 is 39.0. The van der Waals surface area contributed by atoms with Gasteiger partial charge in [-0.2, -0.15) is 13.2 Å². The number of hydrogen-bond acceptors (Lipinski definition) is 5. The van der Waals surface area contributed by atoms with Crippen LogP contribution in [0, 0.1) is 23.7 Å². The van der Waals surface area contributed by atoms with E-state index in [4.69, 9.17) is 0 Å². The predicted molar refractivity (Wildman–Crippen MR) is 108 cm³/mol. The van der Waals surface area contributed by atoms with Crippen molar-refractivity contribution >= 4 is 38.5 Å². The molecular formula is C22H14F3N3O2S. The molecule has 2 fully saturated rings. The summed E-state index contributed by atoms with van der Waals surface area (Å²) in [5, 5.41) is 0.349. The van der Waals surface area contributed by atoms with Gasteiger partial charge in [0.1, 0.15) is 5.69 Å². The molecule has 2 aromatic heterocycles. The number of hydrogen-bond donors (Lipinski definition) is 0. The monoisotopic (exact) mass is 441 g/mol. The van der Waals surface area contributed by atoms with E-state index in [9.17, 15) is 22.8 Å². The van der Waals surface area contributed by atoms with Gasteiger partial charge in [0.05, 0.1) is 22.1 Å². The number of halogens is 3. The van der Waals surface area contributed by atoms with E-state index in [2.05, 4.69) is 9.97 Å². The fraction of sp³-hybridized carbons (Fsp3) is 0.273. The average Bonchev–Trinajstić information content (AvgIpc) is 3.49. The van der Waals surface area contributed by atoms with Gasteiger partial charge in [0.15, 0.2) is 5.13 Å². The molecule has 0 unspecified atom stereocenters. The number of fused-ring (bicyclic) bond motifs is 6. The number of allylic oxidation sites excluding steroid dienone is 2. The second kappa shape index (κ2) is 6.23. The van der Waals surface area contributed by atoms with Gasteiger partial charge in [0.2, 0.25) is 11.8 Å². The van der Waals surface area contributed by atoms with Gasteiger partial charge in [-0.15, -0.1) is 0 Å². The summed E-state index contributed by atoms with van der Waals surface area (Å²) in [6.45, 7) is 0. The second-order valence-electron chi connectivity index (χ2n) is 8.12. The molecule has 0 radical (unpaired) electrons. The Labute approximate surface area is 178 Å². The van der Waals surface area contributed by atoms with Gasteiger partial charge in [-0.1, -0.05) is 35.6 Å². The summed E-state index contributed by atoms with van der Waals surface area (Å²) in [5.74, 6) is -0.683. The largest absolute Gasteiger partial charge is 0.433 e. The van der Waals surface area contributed by atoms with Crippen LogP contribution in [0.4, 0.5) is 18.3 Å². The lowest BCUT2D eigenvalue weighted by atomic mass is 9.85. The molecular weight excluding hydrogens is 427 g/mol. The molecule has 4 atom stereocenters. The third-order valence-corrected chi connectivity index (χ3v) is 7.43. The topological polar surface area (TPSA) is 63.2 Å². The zero-order valence-electron chi connectivity index (χ0n) is 15.8. The molecule has 3 heterocycles. The fourth-order valence-corrected chi connectivity index (χ4v) is 6.03. The molecule has 3 aromatic rings. The van der Waals surface area contributed by atoms with Crippen molar-refractivity contribution < 1.29 is 22.8 Å². The number of carbonyl (C=O) groups excluding carboxylic acids is 2. The molecule has 31 heavy (non-hydrogen) atoms. The Bertz CT molecular complexity index is 1250. The quantitative estimate of drug-likeness (QED) is 0.428. The number of rotatable bonds is 2. The highest BCUT2D eigenvalue weighted by atomic mass is 32.1. The molecule has 9 heteroatoms. The number of anilines is 1. The van der Waals surface area contributed by atoms with Crippen molar-refractivity contribution in [2.24, 2.45) is 23.7 Å². The van der Waals surface area contributed by atoms with Gasteiger partial charge in [-0.3, -0.25) is 14.6 Å². The standard InChI is InChI=1S/C22H14F3N3O2S/c23-22(24,25)16-6-4-13(9-26-16)10-3-5-14-15(8-10)31-21(27-14)28-19(29)17-11-1-2-12(7-11)18(17)20(28)30/h1-6,8-9,11-12,17-18H,7H2/t11-,12+,17-,18+. The summed E-state index contributed by atoms with van der Waals surface area (Å²) in [4.78, 5) is 35.2. The molecule has 1 saturated heterocycles.